The van der Waals surface area contributed by atoms with E-state index in [2.05, 4.69) is 5.32 Å². The molecule has 0 aliphatic rings. The number of nitrogens with zero attached hydrogens (tertiary/aromatic N) is 1. The van der Waals surface area contributed by atoms with Gasteiger partial charge in [-0.3, -0.25) is 9.59 Å². The Labute approximate surface area is 201 Å². The number of carbonyl (C=O) groups is 2. The van der Waals surface area contributed by atoms with E-state index in [-0.39, 0.29) is 24.3 Å². The Bertz CT molecular complexity index is 1060. The van der Waals surface area contributed by atoms with Crippen LogP contribution in [0.2, 0.25) is 5.02 Å². The van der Waals surface area contributed by atoms with Crippen LogP contribution in [0.3, 0.4) is 0 Å². The second-order valence-electron chi connectivity index (χ2n) is 8.64. The molecule has 1 atom stereocenters. The number of amides is 2. The summed E-state index contributed by atoms with van der Waals surface area (Å²) in [6.45, 7) is 6.21. The number of rotatable bonds is 9. The van der Waals surface area contributed by atoms with E-state index in [4.69, 9.17) is 11.6 Å². The quantitative estimate of drug-likeness (QED) is 0.465. The van der Waals surface area contributed by atoms with Crippen molar-refractivity contribution in [3.63, 3.8) is 0 Å². The van der Waals surface area contributed by atoms with Crippen LogP contribution in [0, 0.1) is 6.92 Å². The molecule has 0 saturated carbocycles. The van der Waals surface area contributed by atoms with E-state index >= 15 is 0 Å². The highest BCUT2D eigenvalue weighted by molar-refractivity contribution is 6.31. The fraction of sp³-hybridized carbons (Fsp3) is 0.286. The first-order valence-corrected chi connectivity index (χ1v) is 11.6. The Morgan fingerprint density at radius 1 is 0.879 bits per heavy atom. The maximum absolute atomic E-state index is 13.6. The van der Waals surface area contributed by atoms with Gasteiger partial charge in [-0.25, -0.2) is 0 Å². The molecule has 0 aliphatic carbocycles. The van der Waals surface area contributed by atoms with Crippen LogP contribution in [-0.4, -0.2) is 28.8 Å². The van der Waals surface area contributed by atoms with Crippen LogP contribution < -0.4 is 5.32 Å². The zero-order valence-electron chi connectivity index (χ0n) is 19.4. The van der Waals surface area contributed by atoms with Crippen molar-refractivity contribution in [2.24, 2.45) is 0 Å². The van der Waals surface area contributed by atoms with Crippen LogP contribution in [0.15, 0.2) is 78.9 Å². The molecule has 33 heavy (non-hydrogen) atoms. The van der Waals surface area contributed by atoms with Crippen LogP contribution in [0.25, 0.3) is 0 Å². The monoisotopic (exact) mass is 462 g/mol. The lowest BCUT2D eigenvalue weighted by atomic mass is 10.0. The third kappa shape index (κ3) is 7.19. The zero-order valence-corrected chi connectivity index (χ0v) is 20.2. The summed E-state index contributed by atoms with van der Waals surface area (Å²) in [5, 5.41) is 3.56. The van der Waals surface area contributed by atoms with Crippen molar-refractivity contribution in [1.29, 1.82) is 0 Å². The Hall–Kier alpha value is -3.11. The smallest absolute Gasteiger partial charge is 0.243 e. The summed E-state index contributed by atoms with van der Waals surface area (Å²) in [7, 11) is 0. The van der Waals surface area contributed by atoms with E-state index in [0.29, 0.717) is 18.0 Å². The highest BCUT2D eigenvalue weighted by atomic mass is 35.5. The molecule has 0 saturated heterocycles. The number of aryl methyl sites for hydroxylation is 1. The van der Waals surface area contributed by atoms with Crippen LogP contribution in [0.5, 0.6) is 0 Å². The molecule has 0 heterocycles. The molecule has 0 spiro atoms. The van der Waals surface area contributed by atoms with Gasteiger partial charge in [0.1, 0.15) is 6.04 Å². The summed E-state index contributed by atoms with van der Waals surface area (Å²) in [5.41, 5.74) is 3.87. The van der Waals surface area contributed by atoms with Crippen molar-refractivity contribution in [2.45, 2.75) is 52.2 Å². The molecule has 3 rings (SSSR count). The van der Waals surface area contributed by atoms with Gasteiger partial charge >= 0.3 is 0 Å². The summed E-state index contributed by atoms with van der Waals surface area (Å²) in [6, 6.07) is 24.5. The second-order valence-corrected chi connectivity index (χ2v) is 9.05. The van der Waals surface area contributed by atoms with E-state index in [1.54, 1.807) is 11.0 Å². The zero-order chi connectivity index (χ0) is 23.8. The molecule has 0 aromatic heterocycles. The summed E-state index contributed by atoms with van der Waals surface area (Å²) >= 11 is 6.34. The molecule has 2 amide bonds. The molecular formula is C28H31ClN2O2. The van der Waals surface area contributed by atoms with Gasteiger partial charge in [-0.1, -0.05) is 90.0 Å². The van der Waals surface area contributed by atoms with Crippen molar-refractivity contribution in [1.82, 2.24) is 10.2 Å². The van der Waals surface area contributed by atoms with Crippen LogP contribution in [-0.2, 0) is 29.0 Å². The lowest BCUT2D eigenvalue weighted by molar-refractivity contribution is -0.141. The molecule has 0 radical (unpaired) electrons. The SMILES string of the molecule is Cc1ccc(CN(C(=O)Cc2ccccc2Cl)[C@H](Cc2ccccc2)C(=O)NC(C)C)cc1. The predicted octanol–water partition coefficient (Wildman–Crippen LogP) is 5.36. The van der Waals surface area contributed by atoms with Gasteiger partial charge < -0.3 is 10.2 Å². The highest BCUT2D eigenvalue weighted by Gasteiger charge is 2.31. The number of nitrogens with one attached hydrogen (secondary N) is 1. The molecule has 172 valence electrons. The summed E-state index contributed by atoms with van der Waals surface area (Å²) < 4.78 is 0. The van der Waals surface area contributed by atoms with Gasteiger partial charge in [-0.15, -0.1) is 0 Å². The second kappa shape index (κ2) is 11.7. The number of hydrogen-bond donors (Lipinski definition) is 1. The molecule has 0 unspecified atom stereocenters. The van der Waals surface area contributed by atoms with Crippen LogP contribution in [0.1, 0.15) is 36.1 Å². The fourth-order valence-electron chi connectivity index (χ4n) is 3.73. The first kappa shape index (κ1) is 24.5. The Kier molecular flexibility index (Phi) is 8.67. The fourth-order valence-corrected chi connectivity index (χ4v) is 3.93. The molecule has 0 bridgehead atoms. The van der Waals surface area contributed by atoms with E-state index in [1.165, 1.54) is 0 Å². The normalized spacial score (nSPS) is 11.8. The van der Waals surface area contributed by atoms with Gasteiger partial charge in [0.2, 0.25) is 11.8 Å². The molecule has 1 N–H and O–H groups in total. The van der Waals surface area contributed by atoms with Gasteiger partial charge in [0.05, 0.1) is 6.42 Å². The van der Waals surface area contributed by atoms with Crippen LogP contribution >= 0.6 is 11.6 Å². The average Bonchev–Trinajstić information content (AvgIpc) is 2.79. The van der Waals surface area contributed by atoms with Crippen LogP contribution in [0.4, 0.5) is 0 Å². The number of hydrogen-bond acceptors (Lipinski definition) is 2. The van der Waals surface area contributed by atoms with E-state index in [0.717, 1.165) is 22.3 Å². The minimum absolute atomic E-state index is 0.0318. The first-order valence-electron chi connectivity index (χ1n) is 11.3. The van der Waals surface area contributed by atoms with Crippen molar-refractivity contribution in [3.8, 4) is 0 Å². The third-order valence-electron chi connectivity index (χ3n) is 5.48. The van der Waals surface area contributed by atoms with Crippen molar-refractivity contribution < 1.29 is 9.59 Å². The molecule has 5 heteroatoms. The van der Waals surface area contributed by atoms with Gasteiger partial charge in [0.25, 0.3) is 0 Å². The number of carbonyl (C=O) groups excluding carboxylic acids is 2. The molecule has 3 aromatic rings. The molecule has 0 aliphatic heterocycles. The van der Waals surface area contributed by atoms with Crippen molar-refractivity contribution in [3.05, 3.63) is 106 Å². The topological polar surface area (TPSA) is 49.4 Å². The lowest BCUT2D eigenvalue weighted by Crippen LogP contribution is -2.52. The minimum Gasteiger partial charge on any atom is -0.352 e. The largest absolute Gasteiger partial charge is 0.352 e. The maximum atomic E-state index is 13.6. The number of halogens is 1. The third-order valence-corrected chi connectivity index (χ3v) is 5.84. The minimum atomic E-state index is -0.647. The lowest BCUT2D eigenvalue weighted by Gasteiger charge is -2.32. The Morgan fingerprint density at radius 2 is 1.52 bits per heavy atom. The van der Waals surface area contributed by atoms with Crippen molar-refractivity contribution in [2.75, 3.05) is 0 Å². The first-order chi connectivity index (χ1) is 15.8. The van der Waals surface area contributed by atoms with Gasteiger partial charge in [-0.05, 0) is 43.5 Å². The average molecular weight is 463 g/mol. The Balaban J connectivity index is 1.97. The highest BCUT2D eigenvalue weighted by Crippen LogP contribution is 2.20. The molecule has 0 fully saturated rings. The summed E-state index contributed by atoms with van der Waals surface area (Å²) in [6.07, 6.45) is 0.561. The van der Waals surface area contributed by atoms with Gasteiger partial charge in [0, 0.05) is 24.0 Å². The molecule has 4 nitrogen and oxygen atoms in total. The summed E-state index contributed by atoms with van der Waals surface area (Å²) in [4.78, 5) is 28.7. The van der Waals surface area contributed by atoms with Gasteiger partial charge in [-0.2, -0.15) is 0 Å². The predicted molar refractivity (Wildman–Crippen MR) is 134 cm³/mol. The maximum Gasteiger partial charge on any atom is 0.243 e. The van der Waals surface area contributed by atoms with Gasteiger partial charge in [0.15, 0.2) is 0 Å². The van der Waals surface area contributed by atoms with E-state index < -0.39 is 6.04 Å². The molecular weight excluding hydrogens is 432 g/mol. The van der Waals surface area contributed by atoms with Crippen molar-refractivity contribution >= 4 is 23.4 Å². The molecule has 3 aromatic carbocycles. The number of benzene rings is 3. The Morgan fingerprint density at radius 3 is 2.15 bits per heavy atom. The van der Waals surface area contributed by atoms with E-state index in [1.807, 2.05) is 93.6 Å². The standard InChI is InChI=1S/C28H31ClN2O2/c1-20(2)30-28(33)26(17-22-9-5-4-6-10-22)31(19-23-15-13-21(3)14-16-23)27(32)18-24-11-7-8-12-25(24)29/h4-16,20,26H,17-19H2,1-3H3,(H,30,33)/t26-/m1/s1. The van der Waals surface area contributed by atoms with E-state index in [9.17, 15) is 9.59 Å². The summed E-state index contributed by atoms with van der Waals surface area (Å²) in [5.74, 6) is -0.294.